The summed E-state index contributed by atoms with van der Waals surface area (Å²) >= 11 is 0. The Hall–Kier alpha value is -2.84. The van der Waals surface area contributed by atoms with E-state index in [0.29, 0.717) is 25.1 Å². The van der Waals surface area contributed by atoms with E-state index in [0.717, 1.165) is 44.5 Å². The molecule has 1 N–H and O–H groups in total. The van der Waals surface area contributed by atoms with Crippen molar-refractivity contribution in [3.8, 4) is 0 Å². The Balaban J connectivity index is 1.42. The molecular formula is C23H34N6O3. The smallest absolute Gasteiger partial charge is 0.407 e. The Kier molecular flexibility index (Phi) is 6.53. The highest BCUT2D eigenvalue weighted by Gasteiger charge is 2.32. The minimum absolute atomic E-state index is 0.0591. The van der Waals surface area contributed by atoms with E-state index in [9.17, 15) is 9.59 Å². The number of nitrogens with zero attached hydrogens (tertiary/aromatic N) is 5. The van der Waals surface area contributed by atoms with E-state index < -0.39 is 11.7 Å². The summed E-state index contributed by atoms with van der Waals surface area (Å²) < 4.78 is 9.20. The number of nitrogens with one attached hydrogen (secondary N) is 1. The number of aryl methyl sites for hydroxylation is 1. The molecule has 1 saturated heterocycles. The molecule has 0 aliphatic carbocycles. The third kappa shape index (κ3) is 5.31. The first-order chi connectivity index (χ1) is 15.3. The minimum Gasteiger partial charge on any atom is -0.444 e. The molecule has 2 atom stereocenters. The number of likely N-dealkylation sites (tertiary alicyclic amines) is 1. The predicted molar refractivity (Wildman–Crippen MR) is 119 cm³/mol. The summed E-state index contributed by atoms with van der Waals surface area (Å²) in [7, 11) is 0. The zero-order valence-electron chi connectivity index (χ0n) is 19.3. The molecule has 0 spiro atoms. The molecule has 0 aromatic carbocycles. The first kappa shape index (κ1) is 22.4. The fourth-order valence-electron chi connectivity index (χ4n) is 4.63. The molecule has 1 fully saturated rings. The third-order valence-corrected chi connectivity index (χ3v) is 6.19. The number of aromatic nitrogens is 4. The number of fused-ring (bicyclic) bond motifs is 1. The van der Waals surface area contributed by atoms with E-state index in [1.165, 1.54) is 0 Å². The number of carbonyl (C=O) groups excluding carboxylic acids is 2. The van der Waals surface area contributed by atoms with E-state index in [2.05, 4.69) is 15.5 Å². The zero-order chi connectivity index (χ0) is 22.7. The van der Waals surface area contributed by atoms with Gasteiger partial charge in [-0.25, -0.2) is 4.79 Å². The number of alkyl carbamates (subject to hydrolysis) is 1. The van der Waals surface area contributed by atoms with Gasteiger partial charge in [-0.1, -0.05) is 0 Å². The maximum Gasteiger partial charge on any atom is 0.407 e. The zero-order valence-corrected chi connectivity index (χ0v) is 19.3. The number of piperidine rings is 1. The Labute approximate surface area is 189 Å². The van der Waals surface area contributed by atoms with Gasteiger partial charge in [0.15, 0.2) is 0 Å². The molecule has 0 radical (unpaired) electrons. The van der Waals surface area contributed by atoms with Crippen LogP contribution >= 0.6 is 0 Å². The lowest BCUT2D eigenvalue weighted by molar-refractivity contribution is 0.0513. The molecule has 2 aromatic heterocycles. The number of hydrogen-bond acceptors (Lipinski definition) is 5. The van der Waals surface area contributed by atoms with E-state index in [1.54, 1.807) is 12.4 Å². The van der Waals surface area contributed by atoms with Gasteiger partial charge < -0.3 is 15.0 Å². The van der Waals surface area contributed by atoms with Gasteiger partial charge in [0, 0.05) is 32.0 Å². The van der Waals surface area contributed by atoms with Gasteiger partial charge in [-0.2, -0.15) is 10.2 Å². The summed E-state index contributed by atoms with van der Waals surface area (Å²) in [5.41, 5.74) is 1.15. The van der Waals surface area contributed by atoms with Crippen molar-refractivity contribution in [3.05, 3.63) is 35.9 Å². The van der Waals surface area contributed by atoms with Crippen LogP contribution in [0.2, 0.25) is 0 Å². The summed E-state index contributed by atoms with van der Waals surface area (Å²) in [6, 6.07) is 2.05. The van der Waals surface area contributed by atoms with Gasteiger partial charge in [-0.05, 0) is 64.9 Å². The van der Waals surface area contributed by atoms with Crippen molar-refractivity contribution in [2.24, 2.45) is 5.92 Å². The van der Waals surface area contributed by atoms with Crippen LogP contribution < -0.4 is 5.32 Å². The number of amides is 2. The number of ether oxygens (including phenoxy) is 1. The Morgan fingerprint density at radius 1 is 1.19 bits per heavy atom. The van der Waals surface area contributed by atoms with Gasteiger partial charge in [-0.15, -0.1) is 0 Å². The van der Waals surface area contributed by atoms with E-state index in [4.69, 9.17) is 4.74 Å². The Morgan fingerprint density at radius 3 is 2.78 bits per heavy atom. The van der Waals surface area contributed by atoms with Crippen molar-refractivity contribution in [1.29, 1.82) is 0 Å². The summed E-state index contributed by atoms with van der Waals surface area (Å²) in [5, 5.41) is 11.7. The molecule has 2 aliphatic rings. The van der Waals surface area contributed by atoms with Crippen LogP contribution in [-0.4, -0.2) is 61.2 Å². The van der Waals surface area contributed by atoms with E-state index in [1.807, 2.05) is 47.3 Å². The van der Waals surface area contributed by atoms with Crippen molar-refractivity contribution < 1.29 is 14.3 Å². The van der Waals surface area contributed by atoms with Gasteiger partial charge in [0.25, 0.3) is 5.91 Å². The quantitative estimate of drug-likeness (QED) is 0.768. The number of hydrogen-bond donors (Lipinski definition) is 1. The lowest BCUT2D eigenvalue weighted by Gasteiger charge is -2.36. The molecule has 32 heavy (non-hydrogen) atoms. The van der Waals surface area contributed by atoms with Crippen LogP contribution in [0.4, 0.5) is 4.79 Å². The lowest BCUT2D eigenvalue weighted by Crippen LogP contribution is -2.46. The second-order valence-corrected chi connectivity index (χ2v) is 9.85. The van der Waals surface area contributed by atoms with Crippen molar-refractivity contribution in [1.82, 2.24) is 29.8 Å². The van der Waals surface area contributed by atoms with E-state index in [-0.39, 0.29) is 17.9 Å². The molecule has 2 unspecified atom stereocenters. The molecule has 2 aromatic rings. The molecule has 4 rings (SSSR count). The van der Waals surface area contributed by atoms with Crippen molar-refractivity contribution in [2.75, 3.05) is 13.1 Å². The normalized spacial score (nSPS) is 21.2. The molecule has 4 heterocycles. The van der Waals surface area contributed by atoms with Gasteiger partial charge in [-0.3, -0.25) is 14.2 Å². The fourth-order valence-corrected chi connectivity index (χ4v) is 4.63. The van der Waals surface area contributed by atoms with E-state index >= 15 is 0 Å². The Morgan fingerprint density at radius 2 is 2.03 bits per heavy atom. The Bertz CT molecular complexity index is 930. The topological polar surface area (TPSA) is 94.3 Å². The van der Waals surface area contributed by atoms with Gasteiger partial charge in [0.05, 0.1) is 30.0 Å². The largest absolute Gasteiger partial charge is 0.444 e. The van der Waals surface area contributed by atoms with Gasteiger partial charge in [0.1, 0.15) is 5.60 Å². The first-order valence-corrected chi connectivity index (χ1v) is 11.6. The lowest BCUT2D eigenvalue weighted by atomic mass is 9.93. The fraction of sp³-hybridized carbons (Fsp3) is 0.652. The van der Waals surface area contributed by atoms with Crippen LogP contribution in [-0.2, 0) is 24.2 Å². The monoisotopic (exact) mass is 442 g/mol. The van der Waals surface area contributed by atoms with Crippen molar-refractivity contribution >= 4 is 12.0 Å². The highest BCUT2D eigenvalue weighted by molar-refractivity contribution is 5.95. The van der Waals surface area contributed by atoms with Gasteiger partial charge in [0.2, 0.25) is 0 Å². The molecular weight excluding hydrogens is 408 g/mol. The molecule has 0 saturated carbocycles. The van der Waals surface area contributed by atoms with Crippen LogP contribution in [0.5, 0.6) is 0 Å². The molecule has 9 nitrogen and oxygen atoms in total. The first-order valence-electron chi connectivity index (χ1n) is 11.6. The molecule has 2 amide bonds. The van der Waals surface area contributed by atoms with Gasteiger partial charge >= 0.3 is 6.09 Å². The van der Waals surface area contributed by atoms with Crippen LogP contribution in [0, 0.1) is 5.92 Å². The summed E-state index contributed by atoms with van der Waals surface area (Å²) in [4.78, 5) is 27.6. The van der Waals surface area contributed by atoms with Crippen molar-refractivity contribution in [2.45, 2.75) is 77.6 Å². The maximum atomic E-state index is 13.6. The molecule has 9 heteroatoms. The highest BCUT2D eigenvalue weighted by atomic mass is 16.6. The average molecular weight is 443 g/mol. The maximum absolute atomic E-state index is 13.6. The SMILES string of the molecule is CC(C)(C)OC(=O)NCC1CCn2ncc(C(=O)N3CCCCC3Cn3cccn3)c2C1. The third-order valence-electron chi connectivity index (χ3n) is 6.19. The number of rotatable bonds is 5. The van der Waals surface area contributed by atoms with Crippen LogP contribution in [0.3, 0.4) is 0 Å². The number of carbonyl (C=O) groups is 2. The predicted octanol–water partition coefficient (Wildman–Crippen LogP) is 2.86. The second-order valence-electron chi connectivity index (χ2n) is 9.85. The molecule has 2 aliphatic heterocycles. The van der Waals surface area contributed by atoms with Crippen LogP contribution in [0.1, 0.15) is 62.5 Å². The molecule has 174 valence electrons. The summed E-state index contributed by atoms with van der Waals surface area (Å²) in [6.45, 7) is 8.31. The minimum atomic E-state index is -0.518. The van der Waals surface area contributed by atoms with Crippen LogP contribution in [0.25, 0.3) is 0 Å². The molecule has 0 bridgehead atoms. The van der Waals surface area contributed by atoms with Crippen molar-refractivity contribution in [3.63, 3.8) is 0 Å². The average Bonchev–Trinajstić information content (AvgIpc) is 3.40. The standard InChI is InChI=1S/C23H34N6O3/c1-23(2,3)32-22(31)24-14-17-8-12-29-20(13-17)19(15-26-29)21(30)28-11-5-4-7-18(28)16-27-10-6-9-25-27/h6,9-10,15,17-18H,4-5,7-8,11-14,16H2,1-3H3,(H,24,31). The second kappa shape index (κ2) is 9.34. The summed E-state index contributed by atoms with van der Waals surface area (Å²) in [6.07, 6.45) is 9.79. The highest BCUT2D eigenvalue weighted by Crippen LogP contribution is 2.27. The summed E-state index contributed by atoms with van der Waals surface area (Å²) in [5.74, 6) is 0.309. The van der Waals surface area contributed by atoms with Crippen LogP contribution in [0.15, 0.2) is 24.7 Å².